The summed E-state index contributed by atoms with van der Waals surface area (Å²) in [5, 5.41) is 4.21. The van der Waals surface area contributed by atoms with E-state index in [9.17, 15) is 4.79 Å². The highest BCUT2D eigenvalue weighted by Gasteiger charge is 2.33. The summed E-state index contributed by atoms with van der Waals surface area (Å²) in [5.41, 5.74) is 3.45. The zero-order valence-electron chi connectivity index (χ0n) is 14.9. The molecule has 0 saturated heterocycles. The molecule has 5 heteroatoms. The lowest BCUT2D eigenvalue weighted by molar-refractivity contribution is -0.135. The first-order valence-corrected chi connectivity index (χ1v) is 10.5. The predicted octanol–water partition coefficient (Wildman–Crippen LogP) is 4.98. The summed E-state index contributed by atoms with van der Waals surface area (Å²) in [6, 6.07) is 12.4. The van der Waals surface area contributed by atoms with Crippen molar-refractivity contribution >= 4 is 28.6 Å². The van der Waals surface area contributed by atoms with Crippen LogP contribution in [0, 0.1) is 13.8 Å². The van der Waals surface area contributed by atoms with E-state index in [-0.39, 0.29) is 18.6 Å². The number of hydrogen-bond acceptors (Lipinski definition) is 4. The summed E-state index contributed by atoms with van der Waals surface area (Å²) in [6.07, 6.45) is 0.921. The molecule has 1 aliphatic rings. The third kappa shape index (κ3) is 3.29. The van der Waals surface area contributed by atoms with Crippen LogP contribution in [0.2, 0.25) is 0 Å². The van der Waals surface area contributed by atoms with Crippen molar-refractivity contribution in [3.8, 4) is 5.75 Å². The number of thiophene rings is 2. The molecule has 0 aliphatic carbocycles. The van der Waals surface area contributed by atoms with Crippen LogP contribution >= 0.6 is 22.7 Å². The van der Waals surface area contributed by atoms with Crippen LogP contribution in [-0.2, 0) is 11.2 Å². The van der Waals surface area contributed by atoms with E-state index in [4.69, 9.17) is 4.74 Å². The molecule has 0 bridgehead atoms. The zero-order valence-corrected chi connectivity index (χ0v) is 16.5. The van der Waals surface area contributed by atoms with Gasteiger partial charge < -0.3 is 9.64 Å². The summed E-state index contributed by atoms with van der Waals surface area (Å²) < 4.78 is 5.88. The molecule has 134 valence electrons. The molecule has 4 rings (SSSR count). The van der Waals surface area contributed by atoms with Crippen molar-refractivity contribution in [2.75, 3.05) is 13.2 Å². The third-order valence-electron chi connectivity index (χ3n) is 4.79. The van der Waals surface area contributed by atoms with Gasteiger partial charge in [0.15, 0.2) is 6.61 Å². The molecule has 1 aliphatic heterocycles. The van der Waals surface area contributed by atoms with E-state index in [1.54, 1.807) is 22.7 Å². The SMILES string of the molecule is Cc1ccc(C)c(OCC(=O)N2CCc3sccc3C2c2cccs2)c1. The standard InChI is InChI=1S/C21H21NO2S2/c1-14-5-6-15(2)17(12-14)24-13-20(23)22-9-7-18-16(8-11-26-18)21(22)19-4-3-10-25-19/h3-6,8,10-12,21H,7,9,13H2,1-2H3. The van der Waals surface area contributed by atoms with Crippen LogP contribution in [0.25, 0.3) is 0 Å². The molecule has 3 nitrogen and oxygen atoms in total. The largest absolute Gasteiger partial charge is 0.483 e. The predicted molar refractivity (Wildman–Crippen MR) is 107 cm³/mol. The van der Waals surface area contributed by atoms with E-state index in [1.807, 2.05) is 30.9 Å². The van der Waals surface area contributed by atoms with Crippen molar-refractivity contribution in [3.63, 3.8) is 0 Å². The fraction of sp³-hybridized carbons (Fsp3) is 0.286. The Morgan fingerprint density at radius 3 is 2.88 bits per heavy atom. The minimum Gasteiger partial charge on any atom is -0.483 e. The van der Waals surface area contributed by atoms with Gasteiger partial charge in [0.2, 0.25) is 0 Å². The fourth-order valence-electron chi connectivity index (χ4n) is 3.42. The molecule has 0 N–H and O–H groups in total. The van der Waals surface area contributed by atoms with E-state index in [2.05, 4.69) is 35.0 Å². The number of aryl methyl sites for hydroxylation is 2. The number of rotatable bonds is 4. The summed E-state index contributed by atoms with van der Waals surface area (Å²) in [7, 11) is 0. The molecule has 3 heterocycles. The van der Waals surface area contributed by atoms with Gasteiger partial charge in [0.05, 0.1) is 6.04 Å². The van der Waals surface area contributed by atoms with Gasteiger partial charge in [-0.25, -0.2) is 0 Å². The van der Waals surface area contributed by atoms with Crippen molar-refractivity contribution < 1.29 is 9.53 Å². The Kier molecular flexibility index (Phi) is 4.83. The molecule has 1 atom stereocenters. The molecular formula is C21H21NO2S2. The van der Waals surface area contributed by atoms with E-state index in [1.165, 1.54) is 15.3 Å². The Labute approximate surface area is 161 Å². The molecule has 26 heavy (non-hydrogen) atoms. The number of benzene rings is 1. The highest BCUT2D eigenvalue weighted by atomic mass is 32.1. The van der Waals surface area contributed by atoms with Gasteiger partial charge in [-0.2, -0.15) is 0 Å². The van der Waals surface area contributed by atoms with Gasteiger partial charge in [-0.3, -0.25) is 4.79 Å². The highest BCUT2D eigenvalue weighted by Crippen LogP contribution is 2.39. The van der Waals surface area contributed by atoms with E-state index in [0.29, 0.717) is 0 Å². The molecule has 0 fully saturated rings. The van der Waals surface area contributed by atoms with E-state index in [0.717, 1.165) is 29.8 Å². The Morgan fingerprint density at radius 1 is 1.19 bits per heavy atom. The summed E-state index contributed by atoms with van der Waals surface area (Å²) in [4.78, 5) is 17.6. The third-order valence-corrected chi connectivity index (χ3v) is 6.71. The van der Waals surface area contributed by atoms with Crippen molar-refractivity contribution in [1.82, 2.24) is 4.90 Å². The van der Waals surface area contributed by atoms with Crippen LogP contribution in [0.1, 0.15) is 32.5 Å². The highest BCUT2D eigenvalue weighted by molar-refractivity contribution is 7.10. The van der Waals surface area contributed by atoms with Gasteiger partial charge in [0, 0.05) is 16.3 Å². The maximum atomic E-state index is 13.0. The topological polar surface area (TPSA) is 29.5 Å². The van der Waals surface area contributed by atoms with Gasteiger partial charge in [0.1, 0.15) is 5.75 Å². The molecule has 0 spiro atoms. The molecule has 1 unspecified atom stereocenters. The quantitative estimate of drug-likeness (QED) is 0.636. The number of fused-ring (bicyclic) bond motifs is 1. The number of carbonyl (C=O) groups is 1. The molecule has 3 aromatic rings. The molecular weight excluding hydrogens is 362 g/mol. The van der Waals surface area contributed by atoms with Crippen LogP contribution in [0.4, 0.5) is 0 Å². The van der Waals surface area contributed by atoms with Gasteiger partial charge in [-0.1, -0.05) is 18.2 Å². The van der Waals surface area contributed by atoms with Gasteiger partial charge in [0.25, 0.3) is 5.91 Å². The minimum absolute atomic E-state index is 0.0136. The smallest absolute Gasteiger partial charge is 0.261 e. The van der Waals surface area contributed by atoms with Crippen LogP contribution in [0.5, 0.6) is 5.75 Å². The number of amides is 1. The maximum absolute atomic E-state index is 13.0. The van der Waals surface area contributed by atoms with Gasteiger partial charge in [-0.05, 0) is 65.9 Å². The summed E-state index contributed by atoms with van der Waals surface area (Å²) in [5.74, 6) is 0.834. The number of hydrogen-bond donors (Lipinski definition) is 0. The monoisotopic (exact) mass is 383 g/mol. The number of ether oxygens (including phenoxy) is 1. The second kappa shape index (κ2) is 7.25. The number of nitrogens with zero attached hydrogens (tertiary/aromatic N) is 1. The van der Waals surface area contributed by atoms with Crippen LogP contribution in [-0.4, -0.2) is 24.0 Å². The lowest BCUT2D eigenvalue weighted by atomic mass is 9.98. The second-order valence-corrected chi connectivity index (χ2v) is 8.59. The van der Waals surface area contributed by atoms with Crippen LogP contribution in [0.3, 0.4) is 0 Å². The first-order valence-electron chi connectivity index (χ1n) is 8.72. The molecule has 0 saturated carbocycles. The Bertz CT molecular complexity index is 914. The first-order chi connectivity index (χ1) is 12.6. The Hall–Kier alpha value is -2.11. The molecule has 0 radical (unpaired) electrons. The lowest BCUT2D eigenvalue weighted by Crippen LogP contribution is -2.42. The molecule has 1 amide bonds. The summed E-state index contributed by atoms with van der Waals surface area (Å²) in [6.45, 7) is 4.85. The second-order valence-electron chi connectivity index (χ2n) is 6.61. The molecule has 2 aromatic heterocycles. The van der Waals surface area contributed by atoms with Crippen molar-refractivity contribution in [1.29, 1.82) is 0 Å². The van der Waals surface area contributed by atoms with Crippen LogP contribution < -0.4 is 4.74 Å². The van der Waals surface area contributed by atoms with Gasteiger partial charge >= 0.3 is 0 Å². The normalized spacial score (nSPS) is 16.4. The Morgan fingerprint density at radius 2 is 2.08 bits per heavy atom. The average Bonchev–Trinajstić information content (AvgIpc) is 3.32. The first kappa shape index (κ1) is 17.3. The van der Waals surface area contributed by atoms with Crippen molar-refractivity contribution in [2.45, 2.75) is 26.3 Å². The number of carbonyl (C=O) groups excluding carboxylic acids is 1. The Balaban J connectivity index is 1.56. The fourth-order valence-corrected chi connectivity index (χ4v) is 5.18. The zero-order chi connectivity index (χ0) is 18.1. The van der Waals surface area contributed by atoms with E-state index < -0.39 is 0 Å². The van der Waals surface area contributed by atoms with Gasteiger partial charge in [-0.15, -0.1) is 22.7 Å². The lowest BCUT2D eigenvalue weighted by Gasteiger charge is -2.35. The maximum Gasteiger partial charge on any atom is 0.261 e. The average molecular weight is 384 g/mol. The minimum atomic E-state index is 0.0136. The summed E-state index contributed by atoms with van der Waals surface area (Å²) >= 11 is 3.50. The van der Waals surface area contributed by atoms with E-state index >= 15 is 0 Å². The van der Waals surface area contributed by atoms with Crippen LogP contribution in [0.15, 0.2) is 47.2 Å². The van der Waals surface area contributed by atoms with Crippen molar-refractivity contribution in [3.05, 3.63) is 73.6 Å². The molecule has 1 aromatic carbocycles. The van der Waals surface area contributed by atoms with Crippen molar-refractivity contribution in [2.24, 2.45) is 0 Å².